The zero-order chi connectivity index (χ0) is 10.3. The number of nitriles is 1. The van der Waals surface area contributed by atoms with Crippen molar-refractivity contribution in [1.82, 2.24) is 0 Å². The van der Waals surface area contributed by atoms with Crippen molar-refractivity contribution in [2.24, 2.45) is 0 Å². The fourth-order valence-corrected chi connectivity index (χ4v) is 2.18. The van der Waals surface area contributed by atoms with Crippen LogP contribution in [0.4, 0.5) is 0 Å². The fraction of sp³-hybridized carbons (Fsp3) is 0.0714. The highest BCUT2D eigenvalue weighted by Gasteiger charge is 2.17. The Morgan fingerprint density at radius 3 is 2.80 bits per heavy atom. The van der Waals surface area contributed by atoms with E-state index in [0.717, 1.165) is 5.56 Å². The van der Waals surface area contributed by atoms with Gasteiger partial charge in [-0.05, 0) is 21.9 Å². The maximum absolute atomic E-state index is 8.98. The van der Waals surface area contributed by atoms with E-state index in [2.05, 4.69) is 36.4 Å². The molecule has 0 saturated heterocycles. The molecule has 1 aliphatic rings. The first-order valence-corrected chi connectivity index (χ1v) is 4.99. The number of benzene rings is 2. The molecule has 0 heterocycles. The minimum Gasteiger partial charge on any atom is -0.197 e. The second-order valence-electron chi connectivity index (χ2n) is 3.76. The van der Waals surface area contributed by atoms with Crippen LogP contribution >= 0.6 is 0 Å². The first-order chi connectivity index (χ1) is 7.40. The van der Waals surface area contributed by atoms with Gasteiger partial charge in [0.2, 0.25) is 0 Å². The van der Waals surface area contributed by atoms with Gasteiger partial charge >= 0.3 is 0 Å². The lowest BCUT2D eigenvalue weighted by molar-refractivity contribution is 1.12. The number of rotatable bonds is 0. The van der Waals surface area contributed by atoms with Gasteiger partial charge in [0.05, 0.1) is 12.0 Å². The van der Waals surface area contributed by atoms with E-state index in [9.17, 15) is 0 Å². The Bertz CT molecular complexity index is 602. The fourth-order valence-electron chi connectivity index (χ4n) is 2.18. The van der Waals surface area contributed by atoms with Gasteiger partial charge in [0.15, 0.2) is 0 Å². The van der Waals surface area contributed by atoms with Gasteiger partial charge in [0.25, 0.3) is 0 Å². The SMILES string of the molecule is N#C[C@@H]1C=Cc2c1ccc1ccccc21. The molecule has 1 nitrogen and oxygen atoms in total. The molecule has 3 rings (SSSR count). The summed E-state index contributed by atoms with van der Waals surface area (Å²) in [5, 5.41) is 11.5. The monoisotopic (exact) mass is 191 g/mol. The van der Waals surface area contributed by atoms with Gasteiger partial charge < -0.3 is 0 Å². The Morgan fingerprint density at radius 1 is 1.07 bits per heavy atom. The van der Waals surface area contributed by atoms with Crippen molar-refractivity contribution in [2.45, 2.75) is 5.92 Å². The Morgan fingerprint density at radius 2 is 1.93 bits per heavy atom. The standard InChI is InChI=1S/C14H9N/c15-9-11-6-8-14-12-4-2-1-3-10(12)5-7-13(11)14/h1-8,11H/t11-/m0/s1. The molecule has 1 heteroatoms. The maximum atomic E-state index is 8.98. The Hall–Kier alpha value is -2.07. The zero-order valence-electron chi connectivity index (χ0n) is 8.14. The summed E-state index contributed by atoms with van der Waals surface area (Å²) in [4.78, 5) is 0. The topological polar surface area (TPSA) is 23.8 Å². The van der Waals surface area contributed by atoms with E-state index < -0.39 is 0 Å². The third-order valence-corrected chi connectivity index (χ3v) is 2.93. The number of hydrogen-bond donors (Lipinski definition) is 0. The van der Waals surface area contributed by atoms with Crippen LogP contribution in [0.3, 0.4) is 0 Å². The second kappa shape index (κ2) is 2.96. The summed E-state index contributed by atoms with van der Waals surface area (Å²) in [6.45, 7) is 0. The third kappa shape index (κ3) is 1.08. The van der Waals surface area contributed by atoms with Gasteiger partial charge in [-0.1, -0.05) is 48.6 Å². The molecule has 1 aliphatic carbocycles. The summed E-state index contributed by atoms with van der Waals surface area (Å²) in [6.07, 6.45) is 4.03. The average molecular weight is 191 g/mol. The van der Waals surface area contributed by atoms with Crippen LogP contribution < -0.4 is 0 Å². The minimum atomic E-state index is -0.0652. The summed E-state index contributed by atoms with van der Waals surface area (Å²) in [5.74, 6) is -0.0652. The number of allylic oxidation sites excluding steroid dienone is 1. The molecule has 0 amide bonds. The number of fused-ring (bicyclic) bond motifs is 3. The summed E-state index contributed by atoms with van der Waals surface area (Å²) >= 11 is 0. The van der Waals surface area contributed by atoms with Crippen LogP contribution in [-0.4, -0.2) is 0 Å². The molecule has 2 aromatic carbocycles. The van der Waals surface area contributed by atoms with E-state index >= 15 is 0 Å². The van der Waals surface area contributed by atoms with Gasteiger partial charge in [-0.15, -0.1) is 0 Å². The highest BCUT2D eigenvalue weighted by molar-refractivity contribution is 5.93. The number of nitrogens with zero attached hydrogens (tertiary/aromatic N) is 1. The quantitative estimate of drug-likeness (QED) is 0.625. The highest BCUT2D eigenvalue weighted by Crippen LogP contribution is 2.34. The van der Waals surface area contributed by atoms with Gasteiger partial charge in [-0.25, -0.2) is 0 Å². The lowest BCUT2D eigenvalue weighted by atomic mass is 9.97. The van der Waals surface area contributed by atoms with Crippen molar-refractivity contribution >= 4 is 16.8 Å². The molecule has 70 valence electrons. The van der Waals surface area contributed by atoms with E-state index in [4.69, 9.17) is 5.26 Å². The molecule has 0 spiro atoms. The van der Waals surface area contributed by atoms with Crippen molar-refractivity contribution in [2.75, 3.05) is 0 Å². The minimum absolute atomic E-state index is 0.0652. The largest absolute Gasteiger partial charge is 0.197 e. The second-order valence-corrected chi connectivity index (χ2v) is 3.76. The maximum Gasteiger partial charge on any atom is 0.0902 e. The van der Waals surface area contributed by atoms with Crippen LogP contribution in [0.5, 0.6) is 0 Å². The molecule has 0 radical (unpaired) electrons. The molecule has 0 N–H and O–H groups in total. The van der Waals surface area contributed by atoms with E-state index in [1.165, 1.54) is 16.3 Å². The summed E-state index contributed by atoms with van der Waals surface area (Å²) in [5.41, 5.74) is 2.34. The predicted molar refractivity (Wildman–Crippen MR) is 61.3 cm³/mol. The third-order valence-electron chi connectivity index (χ3n) is 2.93. The number of hydrogen-bond acceptors (Lipinski definition) is 1. The molecule has 2 aromatic rings. The van der Waals surface area contributed by atoms with Crippen molar-refractivity contribution in [1.29, 1.82) is 5.26 Å². The van der Waals surface area contributed by atoms with E-state index in [0.29, 0.717) is 0 Å². The Labute approximate surface area is 88.3 Å². The van der Waals surface area contributed by atoms with Gasteiger partial charge in [0.1, 0.15) is 0 Å². The zero-order valence-corrected chi connectivity index (χ0v) is 8.14. The molecule has 0 unspecified atom stereocenters. The molecular formula is C14H9N. The Balaban J connectivity index is 2.38. The predicted octanol–water partition coefficient (Wildman–Crippen LogP) is 3.47. The normalized spacial score (nSPS) is 17.7. The van der Waals surface area contributed by atoms with Crippen LogP contribution in [0.15, 0.2) is 42.5 Å². The van der Waals surface area contributed by atoms with Crippen LogP contribution in [0.2, 0.25) is 0 Å². The molecule has 0 aliphatic heterocycles. The van der Waals surface area contributed by atoms with Crippen molar-refractivity contribution in [3.8, 4) is 6.07 Å². The first-order valence-electron chi connectivity index (χ1n) is 4.99. The molecule has 0 fully saturated rings. The van der Waals surface area contributed by atoms with Gasteiger partial charge in [-0.2, -0.15) is 5.26 Å². The molecule has 0 aromatic heterocycles. The highest BCUT2D eigenvalue weighted by atomic mass is 14.3. The van der Waals surface area contributed by atoms with Crippen LogP contribution in [-0.2, 0) is 0 Å². The Kier molecular flexibility index (Phi) is 1.63. The van der Waals surface area contributed by atoms with Gasteiger partial charge in [0, 0.05) is 0 Å². The van der Waals surface area contributed by atoms with Crippen LogP contribution in [0.25, 0.3) is 16.8 Å². The van der Waals surface area contributed by atoms with E-state index in [1.54, 1.807) is 0 Å². The van der Waals surface area contributed by atoms with E-state index in [1.807, 2.05) is 18.2 Å². The van der Waals surface area contributed by atoms with E-state index in [-0.39, 0.29) is 5.92 Å². The lowest BCUT2D eigenvalue weighted by Crippen LogP contribution is -1.89. The molecule has 0 bridgehead atoms. The summed E-state index contributed by atoms with van der Waals surface area (Å²) < 4.78 is 0. The van der Waals surface area contributed by atoms with Crippen molar-refractivity contribution in [3.05, 3.63) is 53.6 Å². The molecule has 15 heavy (non-hydrogen) atoms. The molecule has 0 saturated carbocycles. The molecular weight excluding hydrogens is 182 g/mol. The molecule has 1 atom stereocenters. The average Bonchev–Trinajstić information content (AvgIpc) is 2.72. The smallest absolute Gasteiger partial charge is 0.0902 e. The van der Waals surface area contributed by atoms with Crippen molar-refractivity contribution in [3.63, 3.8) is 0 Å². The van der Waals surface area contributed by atoms with Gasteiger partial charge in [-0.3, -0.25) is 0 Å². The van der Waals surface area contributed by atoms with Crippen LogP contribution in [0, 0.1) is 11.3 Å². The lowest BCUT2D eigenvalue weighted by Gasteiger charge is -2.06. The van der Waals surface area contributed by atoms with Crippen molar-refractivity contribution < 1.29 is 0 Å². The summed E-state index contributed by atoms with van der Waals surface area (Å²) in [6, 6.07) is 14.7. The first kappa shape index (κ1) is 8.26. The van der Waals surface area contributed by atoms with Crippen LogP contribution in [0.1, 0.15) is 17.0 Å². The summed E-state index contributed by atoms with van der Waals surface area (Å²) in [7, 11) is 0.